The fourth-order valence-electron chi connectivity index (χ4n) is 2.18. The number of hydrogen-bond acceptors (Lipinski definition) is 2. The van der Waals surface area contributed by atoms with E-state index in [1.807, 2.05) is 37.3 Å². The van der Waals surface area contributed by atoms with Crippen LogP contribution < -0.4 is 10.6 Å². The predicted molar refractivity (Wildman–Crippen MR) is 104 cm³/mol. The van der Waals surface area contributed by atoms with Crippen molar-refractivity contribution in [3.63, 3.8) is 0 Å². The van der Waals surface area contributed by atoms with Crippen LogP contribution in [0.2, 0.25) is 0 Å². The Balaban J connectivity index is 0.00000242. The van der Waals surface area contributed by atoms with Crippen LogP contribution in [0.1, 0.15) is 19.8 Å². The topological polar surface area (TPSA) is 53.5 Å². The number of halogens is 1. The molecule has 0 spiro atoms. The van der Waals surface area contributed by atoms with E-state index in [-0.39, 0.29) is 24.0 Å². The molecule has 6 heteroatoms. The van der Waals surface area contributed by atoms with E-state index in [0.29, 0.717) is 18.3 Å². The summed E-state index contributed by atoms with van der Waals surface area (Å²) in [4.78, 5) is 5.38. The van der Waals surface area contributed by atoms with E-state index in [9.17, 15) is 4.21 Å². The SMILES string of the molecule is CCNC(=NCCS(=O)c1ccccc1)NC1CC=CC1.I. The van der Waals surface area contributed by atoms with Crippen molar-refractivity contribution in [1.29, 1.82) is 0 Å². The van der Waals surface area contributed by atoms with E-state index >= 15 is 0 Å². The van der Waals surface area contributed by atoms with Crippen molar-refractivity contribution in [3.8, 4) is 0 Å². The first-order valence-corrected chi connectivity index (χ1v) is 8.74. The standard InChI is InChI=1S/C16H23N3OS.HI/c1-2-17-16(19-14-8-6-7-9-14)18-12-13-21(20)15-10-4-3-5-11-15;/h3-7,10-11,14H,2,8-9,12-13H2,1H3,(H2,17,18,19);1H. The first-order valence-electron chi connectivity index (χ1n) is 7.43. The molecule has 1 aromatic carbocycles. The van der Waals surface area contributed by atoms with E-state index in [1.165, 1.54) is 0 Å². The van der Waals surface area contributed by atoms with Gasteiger partial charge in [0.25, 0.3) is 0 Å². The lowest BCUT2D eigenvalue weighted by molar-refractivity contribution is 0.634. The van der Waals surface area contributed by atoms with Gasteiger partial charge in [-0.1, -0.05) is 30.4 Å². The average Bonchev–Trinajstić information content (AvgIpc) is 3.01. The van der Waals surface area contributed by atoms with Gasteiger partial charge in [-0.15, -0.1) is 24.0 Å². The van der Waals surface area contributed by atoms with E-state index in [2.05, 4.69) is 27.8 Å². The van der Waals surface area contributed by atoms with Crippen LogP contribution in [0.25, 0.3) is 0 Å². The predicted octanol–water partition coefficient (Wildman–Crippen LogP) is 2.69. The number of nitrogens with one attached hydrogen (secondary N) is 2. The zero-order valence-corrected chi connectivity index (χ0v) is 16.0. The lowest BCUT2D eigenvalue weighted by Gasteiger charge is -2.16. The monoisotopic (exact) mass is 433 g/mol. The molecule has 122 valence electrons. The Morgan fingerprint density at radius 2 is 1.95 bits per heavy atom. The van der Waals surface area contributed by atoms with Crippen LogP contribution in [0.5, 0.6) is 0 Å². The third-order valence-corrected chi connectivity index (χ3v) is 4.60. The molecule has 1 aliphatic rings. The van der Waals surface area contributed by atoms with E-state index in [4.69, 9.17) is 0 Å². The molecule has 2 rings (SSSR count). The lowest BCUT2D eigenvalue weighted by Crippen LogP contribution is -2.42. The van der Waals surface area contributed by atoms with Crippen LogP contribution >= 0.6 is 24.0 Å². The molecule has 4 nitrogen and oxygen atoms in total. The first-order chi connectivity index (χ1) is 10.3. The number of rotatable bonds is 6. The second kappa shape index (κ2) is 10.8. The Morgan fingerprint density at radius 3 is 2.59 bits per heavy atom. The van der Waals surface area contributed by atoms with E-state index in [0.717, 1.165) is 30.2 Å². The summed E-state index contributed by atoms with van der Waals surface area (Å²) in [6.45, 7) is 3.43. The fraction of sp³-hybridized carbons (Fsp3) is 0.438. The zero-order chi connectivity index (χ0) is 14.9. The molecular formula is C16H24IN3OS. The Bertz CT molecular complexity index is 511. The van der Waals surface area contributed by atoms with Gasteiger partial charge in [-0.05, 0) is 31.9 Å². The van der Waals surface area contributed by atoms with Crippen LogP contribution in [-0.4, -0.2) is 35.1 Å². The molecule has 2 N–H and O–H groups in total. The van der Waals surface area contributed by atoms with Crippen LogP contribution in [0.15, 0.2) is 52.4 Å². The number of benzene rings is 1. The maximum atomic E-state index is 12.1. The third-order valence-electron chi connectivity index (χ3n) is 3.25. The van der Waals surface area contributed by atoms with Crippen molar-refractivity contribution in [2.45, 2.75) is 30.7 Å². The van der Waals surface area contributed by atoms with Gasteiger partial charge in [0.15, 0.2) is 5.96 Å². The summed E-state index contributed by atoms with van der Waals surface area (Å²) in [6, 6.07) is 9.98. The second-order valence-corrected chi connectivity index (χ2v) is 6.48. The fourth-order valence-corrected chi connectivity index (χ4v) is 3.13. The normalized spacial score (nSPS) is 16.1. The van der Waals surface area contributed by atoms with Crippen molar-refractivity contribution in [2.75, 3.05) is 18.8 Å². The van der Waals surface area contributed by atoms with Gasteiger partial charge in [0.2, 0.25) is 0 Å². The highest BCUT2D eigenvalue weighted by Gasteiger charge is 2.11. The van der Waals surface area contributed by atoms with Gasteiger partial charge < -0.3 is 10.6 Å². The molecule has 0 saturated heterocycles. The van der Waals surface area contributed by atoms with E-state index in [1.54, 1.807) is 0 Å². The Morgan fingerprint density at radius 1 is 1.27 bits per heavy atom. The summed E-state index contributed by atoms with van der Waals surface area (Å²) in [5, 5.41) is 6.64. The highest BCUT2D eigenvalue weighted by molar-refractivity contribution is 14.0. The smallest absolute Gasteiger partial charge is 0.191 e. The van der Waals surface area contributed by atoms with Crippen LogP contribution in [-0.2, 0) is 10.8 Å². The molecular weight excluding hydrogens is 409 g/mol. The Hall–Kier alpha value is -0.890. The maximum Gasteiger partial charge on any atom is 0.191 e. The summed E-state index contributed by atoms with van der Waals surface area (Å²) in [7, 11) is -0.983. The number of guanidine groups is 1. The molecule has 0 aliphatic heterocycles. The molecule has 0 aromatic heterocycles. The van der Waals surface area contributed by atoms with Gasteiger partial charge in [-0.2, -0.15) is 0 Å². The number of aliphatic imine (C=N–C) groups is 1. The molecule has 22 heavy (non-hydrogen) atoms. The summed E-state index contributed by atoms with van der Waals surface area (Å²) in [5.74, 6) is 1.36. The quantitative estimate of drug-likeness (QED) is 0.314. The van der Waals surface area contributed by atoms with Gasteiger partial charge in [0.05, 0.1) is 17.3 Å². The molecule has 0 heterocycles. The van der Waals surface area contributed by atoms with Gasteiger partial charge in [0.1, 0.15) is 0 Å². The van der Waals surface area contributed by atoms with Crippen LogP contribution in [0.4, 0.5) is 0 Å². The third kappa shape index (κ3) is 6.48. The minimum absolute atomic E-state index is 0. The van der Waals surface area contributed by atoms with Crippen molar-refractivity contribution >= 4 is 40.7 Å². The van der Waals surface area contributed by atoms with Gasteiger partial charge >= 0.3 is 0 Å². The van der Waals surface area contributed by atoms with Crippen LogP contribution in [0.3, 0.4) is 0 Å². The van der Waals surface area contributed by atoms with Gasteiger partial charge in [0, 0.05) is 23.2 Å². The molecule has 0 saturated carbocycles. The first kappa shape index (κ1) is 19.2. The largest absolute Gasteiger partial charge is 0.357 e. The minimum atomic E-state index is -0.983. The molecule has 0 bridgehead atoms. The van der Waals surface area contributed by atoms with Crippen molar-refractivity contribution in [1.82, 2.24) is 10.6 Å². The van der Waals surface area contributed by atoms with Gasteiger partial charge in [-0.3, -0.25) is 9.20 Å². The number of hydrogen-bond donors (Lipinski definition) is 2. The maximum absolute atomic E-state index is 12.1. The van der Waals surface area contributed by atoms with Crippen molar-refractivity contribution in [3.05, 3.63) is 42.5 Å². The van der Waals surface area contributed by atoms with Crippen molar-refractivity contribution < 1.29 is 4.21 Å². The summed E-state index contributed by atoms with van der Waals surface area (Å²) >= 11 is 0. The summed E-state index contributed by atoms with van der Waals surface area (Å²) in [6.07, 6.45) is 6.46. The molecule has 1 unspecified atom stereocenters. The minimum Gasteiger partial charge on any atom is -0.357 e. The summed E-state index contributed by atoms with van der Waals surface area (Å²) in [5.41, 5.74) is 0. The Labute approximate surface area is 152 Å². The average molecular weight is 433 g/mol. The molecule has 1 aromatic rings. The highest BCUT2D eigenvalue weighted by Crippen LogP contribution is 2.09. The molecule has 1 atom stereocenters. The molecule has 1 aliphatic carbocycles. The van der Waals surface area contributed by atoms with Crippen LogP contribution in [0, 0.1) is 0 Å². The number of nitrogens with zero attached hydrogens (tertiary/aromatic N) is 1. The summed E-state index contributed by atoms with van der Waals surface area (Å²) < 4.78 is 12.1. The lowest BCUT2D eigenvalue weighted by atomic mass is 10.2. The zero-order valence-electron chi connectivity index (χ0n) is 12.8. The molecule has 0 amide bonds. The van der Waals surface area contributed by atoms with Crippen molar-refractivity contribution in [2.24, 2.45) is 4.99 Å². The molecule has 0 fully saturated rings. The van der Waals surface area contributed by atoms with Gasteiger partial charge in [-0.25, -0.2) is 0 Å². The Kier molecular flexibility index (Phi) is 9.38. The highest BCUT2D eigenvalue weighted by atomic mass is 127. The second-order valence-electron chi connectivity index (χ2n) is 4.91. The van der Waals surface area contributed by atoms with E-state index < -0.39 is 10.8 Å². The molecule has 0 radical (unpaired) electrons.